The van der Waals surface area contributed by atoms with Crippen molar-refractivity contribution in [2.45, 2.75) is 6.92 Å². The van der Waals surface area contributed by atoms with Gasteiger partial charge in [-0.2, -0.15) is 0 Å². The molecule has 100 valence electrons. The molecule has 6 nitrogen and oxygen atoms in total. The SMILES string of the molecule is CCS(=O)(=O)CCNC(=O)c1cccnc1NC. The van der Waals surface area contributed by atoms with E-state index in [-0.39, 0.29) is 24.0 Å². The van der Waals surface area contributed by atoms with Gasteiger partial charge in [0.25, 0.3) is 5.91 Å². The Hall–Kier alpha value is -1.63. The summed E-state index contributed by atoms with van der Waals surface area (Å²) in [6.45, 7) is 1.68. The number of anilines is 1. The molecule has 0 spiro atoms. The summed E-state index contributed by atoms with van der Waals surface area (Å²) in [5.74, 6) is 0.161. The van der Waals surface area contributed by atoms with E-state index in [0.29, 0.717) is 11.4 Å². The van der Waals surface area contributed by atoms with Crippen LogP contribution in [0.3, 0.4) is 0 Å². The molecule has 7 heteroatoms. The van der Waals surface area contributed by atoms with E-state index in [4.69, 9.17) is 0 Å². The Morgan fingerprint density at radius 2 is 2.17 bits per heavy atom. The third kappa shape index (κ3) is 3.99. The monoisotopic (exact) mass is 271 g/mol. The highest BCUT2D eigenvalue weighted by Gasteiger charge is 2.12. The van der Waals surface area contributed by atoms with E-state index in [0.717, 1.165) is 0 Å². The maximum atomic E-state index is 11.8. The molecule has 0 atom stereocenters. The number of aromatic nitrogens is 1. The van der Waals surface area contributed by atoms with Crippen LogP contribution in [-0.2, 0) is 9.84 Å². The third-order valence-corrected chi connectivity index (χ3v) is 4.13. The predicted octanol–water partition coefficient (Wildman–Crippen LogP) is 0.288. The van der Waals surface area contributed by atoms with Gasteiger partial charge in [0, 0.05) is 25.5 Å². The van der Waals surface area contributed by atoms with Gasteiger partial charge in [-0.3, -0.25) is 4.79 Å². The normalized spacial score (nSPS) is 11.0. The summed E-state index contributed by atoms with van der Waals surface area (Å²) in [6, 6.07) is 3.28. The summed E-state index contributed by atoms with van der Waals surface area (Å²) in [4.78, 5) is 15.8. The molecule has 2 N–H and O–H groups in total. The fraction of sp³-hybridized carbons (Fsp3) is 0.455. The van der Waals surface area contributed by atoms with Gasteiger partial charge in [-0.05, 0) is 12.1 Å². The second-order valence-corrected chi connectivity index (χ2v) is 6.11. The first-order valence-electron chi connectivity index (χ1n) is 5.61. The number of nitrogens with zero attached hydrogens (tertiary/aromatic N) is 1. The van der Waals surface area contributed by atoms with E-state index in [1.165, 1.54) is 0 Å². The molecular weight excluding hydrogens is 254 g/mol. The van der Waals surface area contributed by atoms with Crippen LogP contribution in [0.4, 0.5) is 5.82 Å². The number of nitrogens with one attached hydrogen (secondary N) is 2. The Kier molecular flexibility index (Phi) is 5.08. The largest absolute Gasteiger partial charge is 0.372 e. The molecule has 0 bridgehead atoms. The first-order chi connectivity index (χ1) is 8.50. The van der Waals surface area contributed by atoms with Crippen molar-refractivity contribution in [2.75, 3.05) is 30.4 Å². The highest BCUT2D eigenvalue weighted by Crippen LogP contribution is 2.09. The fourth-order valence-corrected chi connectivity index (χ4v) is 2.05. The Labute approximate surface area is 107 Å². The van der Waals surface area contributed by atoms with Crippen LogP contribution >= 0.6 is 0 Å². The molecule has 1 amide bonds. The zero-order chi connectivity index (χ0) is 13.6. The van der Waals surface area contributed by atoms with E-state index < -0.39 is 9.84 Å². The molecule has 1 heterocycles. The zero-order valence-corrected chi connectivity index (χ0v) is 11.3. The molecule has 0 saturated heterocycles. The van der Waals surface area contributed by atoms with Crippen LogP contribution in [0.2, 0.25) is 0 Å². The maximum Gasteiger partial charge on any atom is 0.255 e. The highest BCUT2D eigenvalue weighted by atomic mass is 32.2. The number of rotatable bonds is 6. The lowest BCUT2D eigenvalue weighted by molar-refractivity contribution is 0.0956. The van der Waals surface area contributed by atoms with E-state index >= 15 is 0 Å². The van der Waals surface area contributed by atoms with E-state index in [1.807, 2.05) is 0 Å². The topological polar surface area (TPSA) is 88.2 Å². The molecular formula is C11H17N3O3S. The predicted molar refractivity (Wildman–Crippen MR) is 70.4 cm³/mol. The third-order valence-electron chi connectivity index (χ3n) is 2.43. The van der Waals surface area contributed by atoms with Crippen molar-refractivity contribution in [3.8, 4) is 0 Å². The first-order valence-corrected chi connectivity index (χ1v) is 7.43. The lowest BCUT2D eigenvalue weighted by Gasteiger charge is -2.08. The zero-order valence-electron chi connectivity index (χ0n) is 10.4. The summed E-state index contributed by atoms with van der Waals surface area (Å²) < 4.78 is 22.5. The molecule has 1 rings (SSSR count). The lowest BCUT2D eigenvalue weighted by atomic mass is 10.2. The standard InChI is InChI=1S/C11H17N3O3S/c1-3-18(16,17)8-7-14-11(15)9-5-4-6-13-10(9)12-2/h4-6H,3,7-8H2,1-2H3,(H,12,13)(H,14,15). The van der Waals surface area contributed by atoms with Gasteiger partial charge in [0.05, 0.1) is 11.3 Å². The van der Waals surface area contributed by atoms with Crippen LogP contribution in [0.15, 0.2) is 18.3 Å². The molecule has 0 radical (unpaired) electrons. The van der Waals surface area contributed by atoms with Crippen molar-refractivity contribution in [2.24, 2.45) is 0 Å². The lowest BCUT2D eigenvalue weighted by Crippen LogP contribution is -2.30. The van der Waals surface area contributed by atoms with Crippen molar-refractivity contribution in [3.05, 3.63) is 23.9 Å². The van der Waals surface area contributed by atoms with Gasteiger partial charge in [0.15, 0.2) is 9.84 Å². The highest BCUT2D eigenvalue weighted by molar-refractivity contribution is 7.91. The molecule has 0 aliphatic rings. The number of amides is 1. The number of sulfone groups is 1. The summed E-state index contributed by atoms with van der Waals surface area (Å²) in [5, 5.41) is 5.37. The van der Waals surface area contributed by atoms with Crippen molar-refractivity contribution < 1.29 is 13.2 Å². The molecule has 0 saturated carbocycles. The van der Waals surface area contributed by atoms with Crippen molar-refractivity contribution in [3.63, 3.8) is 0 Å². The van der Waals surface area contributed by atoms with Gasteiger partial charge in [0.2, 0.25) is 0 Å². The summed E-state index contributed by atoms with van der Waals surface area (Å²) in [7, 11) is -1.39. The van der Waals surface area contributed by atoms with Gasteiger partial charge >= 0.3 is 0 Å². The minimum absolute atomic E-state index is 0.0512. The molecule has 0 aliphatic carbocycles. The van der Waals surface area contributed by atoms with Gasteiger partial charge in [-0.15, -0.1) is 0 Å². The van der Waals surface area contributed by atoms with Crippen LogP contribution in [0.25, 0.3) is 0 Å². The van der Waals surface area contributed by atoms with E-state index in [1.54, 1.807) is 32.3 Å². The Morgan fingerprint density at radius 1 is 1.44 bits per heavy atom. The quantitative estimate of drug-likeness (QED) is 0.776. The Balaban J connectivity index is 2.61. The summed E-state index contributed by atoms with van der Waals surface area (Å²) in [6.07, 6.45) is 1.57. The van der Waals surface area contributed by atoms with Crippen molar-refractivity contribution in [1.29, 1.82) is 0 Å². The van der Waals surface area contributed by atoms with Crippen LogP contribution in [0.1, 0.15) is 17.3 Å². The fourth-order valence-electron chi connectivity index (χ4n) is 1.35. The maximum absolute atomic E-state index is 11.8. The Bertz CT molecular complexity index is 514. The number of pyridine rings is 1. The molecule has 1 aromatic heterocycles. The van der Waals surface area contributed by atoms with Crippen molar-refractivity contribution in [1.82, 2.24) is 10.3 Å². The van der Waals surface area contributed by atoms with Gasteiger partial charge in [0.1, 0.15) is 5.82 Å². The minimum atomic E-state index is -3.06. The summed E-state index contributed by atoms with van der Waals surface area (Å²) >= 11 is 0. The van der Waals surface area contributed by atoms with Crippen LogP contribution in [0, 0.1) is 0 Å². The number of carbonyl (C=O) groups is 1. The Morgan fingerprint density at radius 3 is 2.78 bits per heavy atom. The second-order valence-electron chi connectivity index (χ2n) is 3.64. The van der Waals surface area contributed by atoms with Crippen LogP contribution in [0.5, 0.6) is 0 Å². The molecule has 18 heavy (non-hydrogen) atoms. The van der Waals surface area contributed by atoms with Crippen LogP contribution in [-0.4, -0.2) is 44.4 Å². The summed E-state index contributed by atoms with van der Waals surface area (Å²) in [5.41, 5.74) is 0.397. The number of hydrogen-bond donors (Lipinski definition) is 2. The first kappa shape index (κ1) is 14.4. The van der Waals surface area contributed by atoms with Gasteiger partial charge < -0.3 is 10.6 Å². The average Bonchev–Trinajstić information content (AvgIpc) is 2.38. The molecule has 0 fully saturated rings. The molecule has 0 unspecified atom stereocenters. The molecule has 1 aromatic rings. The van der Waals surface area contributed by atoms with Gasteiger partial charge in [-0.25, -0.2) is 13.4 Å². The molecule has 0 aromatic carbocycles. The van der Waals surface area contributed by atoms with Gasteiger partial charge in [-0.1, -0.05) is 6.92 Å². The van der Waals surface area contributed by atoms with E-state index in [2.05, 4.69) is 15.6 Å². The average molecular weight is 271 g/mol. The van der Waals surface area contributed by atoms with Crippen LogP contribution < -0.4 is 10.6 Å². The molecule has 0 aliphatic heterocycles. The van der Waals surface area contributed by atoms with Crippen molar-refractivity contribution >= 4 is 21.6 Å². The smallest absolute Gasteiger partial charge is 0.255 e. The number of hydrogen-bond acceptors (Lipinski definition) is 5. The number of carbonyl (C=O) groups excluding carboxylic acids is 1. The van der Waals surface area contributed by atoms with E-state index in [9.17, 15) is 13.2 Å². The second kappa shape index (κ2) is 6.34. The minimum Gasteiger partial charge on any atom is -0.372 e.